The molecule has 0 aromatic heterocycles. The van der Waals surface area contributed by atoms with Gasteiger partial charge in [0.25, 0.3) is 5.91 Å². The topological polar surface area (TPSA) is 79.5 Å². The van der Waals surface area contributed by atoms with Gasteiger partial charge in [-0.2, -0.15) is 0 Å². The molecule has 1 aliphatic heterocycles. The molecule has 1 unspecified atom stereocenters. The van der Waals surface area contributed by atoms with E-state index in [4.69, 9.17) is 4.74 Å². The number of hydrogen-bond acceptors (Lipinski definition) is 4. The Hall–Kier alpha value is -1.92. The number of amides is 2. The summed E-state index contributed by atoms with van der Waals surface area (Å²) in [6, 6.07) is 6.96. The van der Waals surface area contributed by atoms with Crippen molar-refractivity contribution in [3.8, 4) is 0 Å². The molecule has 6 heteroatoms. The molecule has 0 radical (unpaired) electrons. The van der Waals surface area contributed by atoms with Crippen LogP contribution < -0.4 is 16.0 Å². The Morgan fingerprint density at radius 2 is 2.00 bits per heavy atom. The van der Waals surface area contributed by atoms with Crippen LogP contribution >= 0.6 is 0 Å². The van der Waals surface area contributed by atoms with Gasteiger partial charge in [0.05, 0.1) is 12.6 Å². The van der Waals surface area contributed by atoms with E-state index in [9.17, 15) is 9.59 Å². The first-order valence-corrected chi connectivity index (χ1v) is 8.07. The van der Waals surface area contributed by atoms with E-state index in [2.05, 4.69) is 16.0 Å². The van der Waals surface area contributed by atoms with Crippen LogP contribution in [0.1, 0.15) is 37.0 Å². The van der Waals surface area contributed by atoms with Crippen LogP contribution in [0, 0.1) is 0 Å². The average Bonchev–Trinajstić information content (AvgIpc) is 3.00. The number of rotatable bonds is 7. The summed E-state index contributed by atoms with van der Waals surface area (Å²) >= 11 is 0. The molecule has 1 saturated heterocycles. The van der Waals surface area contributed by atoms with Gasteiger partial charge in [0.1, 0.15) is 0 Å². The number of carbonyl (C=O) groups excluding carboxylic acids is 2. The molecule has 126 valence electrons. The van der Waals surface area contributed by atoms with Crippen molar-refractivity contribution in [3.63, 3.8) is 0 Å². The maximum atomic E-state index is 11.9. The molecule has 0 bridgehead atoms. The summed E-state index contributed by atoms with van der Waals surface area (Å²) in [5.41, 5.74) is 1.25. The van der Waals surface area contributed by atoms with Crippen LogP contribution in [0.4, 0.5) is 5.69 Å². The van der Waals surface area contributed by atoms with Crippen molar-refractivity contribution in [2.75, 3.05) is 25.0 Å². The quantitative estimate of drug-likeness (QED) is 0.712. The highest BCUT2D eigenvalue weighted by atomic mass is 16.5. The van der Waals surface area contributed by atoms with Crippen molar-refractivity contribution in [3.05, 3.63) is 29.8 Å². The van der Waals surface area contributed by atoms with E-state index in [0.29, 0.717) is 17.8 Å². The van der Waals surface area contributed by atoms with Gasteiger partial charge < -0.3 is 20.7 Å². The number of ether oxygens (including phenoxy) is 1. The van der Waals surface area contributed by atoms with E-state index < -0.39 is 0 Å². The summed E-state index contributed by atoms with van der Waals surface area (Å²) in [7, 11) is 0. The minimum absolute atomic E-state index is 0.0943. The normalized spacial score (nSPS) is 17.3. The van der Waals surface area contributed by atoms with Gasteiger partial charge in [0, 0.05) is 30.4 Å². The Morgan fingerprint density at radius 3 is 2.61 bits per heavy atom. The molecule has 0 aliphatic carbocycles. The van der Waals surface area contributed by atoms with Crippen LogP contribution in [0.2, 0.25) is 0 Å². The lowest BCUT2D eigenvalue weighted by Crippen LogP contribution is -2.33. The van der Waals surface area contributed by atoms with Gasteiger partial charge in [0.2, 0.25) is 5.91 Å². The van der Waals surface area contributed by atoms with E-state index in [1.807, 2.05) is 13.8 Å². The average molecular weight is 319 g/mol. The highest BCUT2D eigenvalue weighted by Crippen LogP contribution is 2.11. The fourth-order valence-electron chi connectivity index (χ4n) is 2.41. The second kappa shape index (κ2) is 8.64. The third kappa shape index (κ3) is 6.00. The van der Waals surface area contributed by atoms with Gasteiger partial charge in [-0.15, -0.1) is 0 Å². The van der Waals surface area contributed by atoms with Crippen molar-refractivity contribution in [2.24, 2.45) is 0 Å². The summed E-state index contributed by atoms with van der Waals surface area (Å²) in [5, 5.41) is 8.72. The fourth-order valence-corrected chi connectivity index (χ4v) is 2.41. The Bertz CT molecular complexity index is 522. The van der Waals surface area contributed by atoms with Crippen LogP contribution in [0.5, 0.6) is 0 Å². The predicted molar refractivity (Wildman–Crippen MR) is 89.5 cm³/mol. The van der Waals surface area contributed by atoms with E-state index in [0.717, 1.165) is 19.4 Å². The monoisotopic (exact) mass is 319 g/mol. The van der Waals surface area contributed by atoms with Crippen molar-refractivity contribution in [1.82, 2.24) is 10.6 Å². The Morgan fingerprint density at radius 1 is 1.26 bits per heavy atom. The second-order valence-electron chi connectivity index (χ2n) is 6.02. The maximum absolute atomic E-state index is 11.9. The van der Waals surface area contributed by atoms with Crippen molar-refractivity contribution in [1.29, 1.82) is 0 Å². The molecular formula is C17H25N3O3. The number of nitrogens with one attached hydrogen (secondary N) is 3. The zero-order chi connectivity index (χ0) is 16.7. The zero-order valence-corrected chi connectivity index (χ0v) is 13.7. The number of carbonyl (C=O) groups is 2. The van der Waals surface area contributed by atoms with E-state index in [1.165, 1.54) is 0 Å². The molecular weight excluding hydrogens is 294 g/mol. The third-order valence-electron chi connectivity index (χ3n) is 3.53. The molecule has 1 aromatic rings. The van der Waals surface area contributed by atoms with Gasteiger partial charge in [-0.3, -0.25) is 9.59 Å². The van der Waals surface area contributed by atoms with Crippen LogP contribution in [0.25, 0.3) is 0 Å². The van der Waals surface area contributed by atoms with Gasteiger partial charge in [-0.05, 0) is 51.0 Å². The largest absolute Gasteiger partial charge is 0.377 e. The van der Waals surface area contributed by atoms with Crippen LogP contribution in [-0.4, -0.2) is 43.7 Å². The third-order valence-corrected chi connectivity index (χ3v) is 3.53. The van der Waals surface area contributed by atoms with E-state index in [-0.39, 0.29) is 30.5 Å². The lowest BCUT2D eigenvalue weighted by molar-refractivity contribution is -0.115. The highest BCUT2D eigenvalue weighted by Gasteiger charge is 2.15. The minimum atomic E-state index is -0.115. The molecule has 1 heterocycles. The number of benzene rings is 1. The van der Waals surface area contributed by atoms with E-state index >= 15 is 0 Å². The van der Waals surface area contributed by atoms with Crippen molar-refractivity contribution >= 4 is 17.5 Å². The van der Waals surface area contributed by atoms with Crippen LogP contribution in [0.15, 0.2) is 24.3 Å². The van der Waals surface area contributed by atoms with Crippen molar-refractivity contribution < 1.29 is 14.3 Å². The summed E-state index contributed by atoms with van der Waals surface area (Å²) in [6.45, 7) is 5.58. The lowest BCUT2D eigenvalue weighted by Gasteiger charge is -2.11. The molecule has 23 heavy (non-hydrogen) atoms. The number of hydrogen-bond donors (Lipinski definition) is 3. The standard InChI is InChI=1S/C17H25N3O3/c1-12(2)19-17(22)13-5-7-14(8-6-13)20-16(21)11-18-10-15-4-3-9-23-15/h5-8,12,15,18H,3-4,9-11H2,1-2H3,(H,19,22)(H,20,21). The van der Waals surface area contributed by atoms with E-state index in [1.54, 1.807) is 24.3 Å². The molecule has 3 N–H and O–H groups in total. The molecule has 0 saturated carbocycles. The smallest absolute Gasteiger partial charge is 0.251 e. The SMILES string of the molecule is CC(C)NC(=O)c1ccc(NC(=O)CNCC2CCCO2)cc1. The van der Waals surface area contributed by atoms with Crippen LogP contribution in [0.3, 0.4) is 0 Å². The second-order valence-corrected chi connectivity index (χ2v) is 6.02. The van der Waals surface area contributed by atoms with Gasteiger partial charge in [0.15, 0.2) is 0 Å². The first kappa shape index (κ1) is 17.4. The minimum Gasteiger partial charge on any atom is -0.377 e. The summed E-state index contributed by atoms with van der Waals surface area (Å²) in [4.78, 5) is 23.7. The van der Waals surface area contributed by atoms with Gasteiger partial charge in [-0.1, -0.05) is 0 Å². The maximum Gasteiger partial charge on any atom is 0.251 e. The first-order chi connectivity index (χ1) is 11.0. The first-order valence-electron chi connectivity index (χ1n) is 8.07. The lowest BCUT2D eigenvalue weighted by atomic mass is 10.2. The van der Waals surface area contributed by atoms with Gasteiger partial charge >= 0.3 is 0 Å². The Kier molecular flexibility index (Phi) is 6.55. The molecule has 1 aromatic carbocycles. The Labute approximate surface area is 137 Å². The fraction of sp³-hybridized carbons (Fsp3) is 0.529. The molecule has 1 fully saturated rings. The highest BCUT2D eigenvalue weighted by molar-refractivity contribution is 5.96. The summed E-state index contributed by atoms with van der Waals surface area (Å²) in [6.07, 6.45) is 2.37. The molecule has 6 nitrogen and oxygen atoms in total. The molecule has 2 rings (SSSR count). The molecule has 1 atom stereocenters. The summed E-state index contributed by atoms with van der Waals surface area (Å²) in [5.74, 6) is -0.224. The molecule has 0 spiro atoms. The zero-order valence-electron chi connectivity index (χ0n) is 13.7. The van der Waals surface area contributed by atoms with Crippen LogP contribution in [-0.2, 0) is 9.53 Å². The summed E-state index contributed by atoms with van der Waals surface area (Å²) < 4.78 is 5.48. The molecule has 2 amide bonds. The van der Waals surface area contributed by atoms with Crippen molar-refractivity contribution in [2.45, 2.75) is 38.8 Å². The molecule has 1 aliphatic rings. The Balaban J connectivity index is 1.73. The van der Waals surface area contributed by atoms with Gasteiger partial charge in [-0.25, -0.2) is 0 Å². The predicted octanol–water partition coefficient (Wildman–Crippen LogP) is 1.53. The number of anilines is 1.